The molecule has 0 saturated heterocycles. The van der Waals surface area contributed by atoms with Crippen molar-refractivity contribution < 1.29 is 23.5 Å². The highest BCUT2D eigenvalue weighted by atomic mass is 32.2. The summed E-state index contributed by atoms with van der Waals surface area (Å²) in [5, 5.41) is 2.48. The molecule has 0 heterocycles. The highest BCUT2D eigenvalue weighted by Crippen LogP contribution is 2.21. The minimum Gasteiger partial charge on any atom is -0.467 e. The van der Waals surface area contributed by atoms with Crippen LogP contribution in [0.2, 0.25) is 0 Å². The fraction of sp³-hybridized carbons (Fsp3) is 0.286. The molecule has 2 aromatic rings. The smallest absolute Gasteiger partial charge is 0.333 e. The van der Waals surface area contributed by atoms with Gasteiger partial charge < -0.3 is 10.1 Å². The van der Waals surface area contributed by atoms with Crippen molar-refractivity contribution in [2.24, 2.45) is 5.92 Å². The largest absolute Gasteiger partial charge is 0.467 e. The third kappa shape index (κ3) is 6.20. The molecule has 5 nitrogen and oxygen atoms in total. The second-order valence-electron chi connectivity index (χ2n) is 6.18. The van der Waals surface area contributed by atoms with E-state index in [-0.39, 0.29) is 16.4 Å². The predicted octanol–water partition coefficient (Wildman–Crippen LogP) is 3.29. The van der Waals surface area contributed by atoms with Crippen LogP contribution in [-0.2, 0) is 25.5 Å². The van der Waals surface area contributed by atoms with E-state index >= 15 is 0 Å². The first-order chi connectivity index (χ1) is 13.4. The van der Waals surface area contributed by atoms with E-state index in [2.05, 4.69) is 5.32 Å². The van der Waals surface area contributed by atoms with Crippen molar-refractivity contribution in [2.75, 3.05) is 12.9 Å². The normalized spacial score (nSPS) is 12.7. The number of nitrogens with one attached hydrogen (secondary N) is 1. The Labute approximate surface area is 167 Å². The fourth-order valence-corrected chi connectivity index (χ4v) is 3.40. The maximum atomic E-state index is 14.2. The zero-order valence-corrected chi connectivity index (χ0v) is 16.5. The summed E-state index contributed by atoms with van der Waals surface area (Å²) in [6.07, 6.45) is 0.387. The van der Waals surface area contributed by atoms with Crippen LogP contribution in [0.3, 0.4) is 0 Å². The van der Waals surface area contributed by atoms with Crippen molar-refractivity contribution in [3.63, 3.8) is 0 Å². The number of thioether (sulfide) groups is 1. The van der Waals surface area contributed by atoms with Crippen LogP contribution in [0.1, 0.15) is 24.1 Å². The number of amides is 1. The second-order valence-corrected chi connectivity index (χ2v) is 7.37. The van der Waals surface area contributed by atoms with E-state index in [0.717, 1.165) is 17.3 Å². The SMILES string of the molecule is COC(=O)C(NC(=O)C(CSC(C)=O)Cc1ccccc1)c1ccccc1F. The van der Waals surface area contributed by atoms with Crippen LogP contribution in [0.15, 0.2) is 54.6 Å². The first kappa shape index (κ1) is 21.6. The maximum Gasteiger partial charge on any atom is 0.333 e. The van der Waals surface area contributed by atoms with Crippen molar-refractivity contribution in [3.8, 4) is 0 Å². The molecule has 1 N–H and O–H groups in total. The zero-order valence-electron chi connectivity index (χ0n) is 15.7. The van der Waals surface area contributed by atoms with E-state index in [1.807, 2.05) is 30.3 Å². The molecular formula is C21H22FNO4S. The average Bonchev–Trinajstić information content (AvgIpc) is 2.69. The number of esters is 1. The van der Waals surface area contributed by atoms with Crippen LogP contribution >= 0.6 is 11.8 Å². The molecule has 0 spiro atoms. The van der Waals surface area contributed by atoms with Crippen molar-refractivity contribution >= 4 is 28.8 Å². The molecule has 0 aliphatic rings. The summed E-state index contributed by atoms with van der Waals surface area (Å²) < 4.78 is 18.9. The number of carbonyl (C=O) groups excluding carboxylic acids is 3. The monoisotopic (exact) mass is 403 g/mol. The molecule has 148 valence electrons. The number of benzene rings is 2. The summed E-state index contributed by atoms with van der Waals surface area (Å²) in [5.74, 6) is -2.15. The van der Waals surface area contributed by atoms with Gasteiger partial charge in [-0.1, -0.05) is 60.3 Å². The molecule has 1 amide bonds. The van der Waals surface area contributed by atoms with E-state index in [4.69, 9.17) is 4.74 Å². The van der Waals surface area contributed by atoms with Gasteiger partial charge in [-0.3, -0.25) is 9.59 Å². The van der Waals surface area contributed by atoms with Gasteiger partial charge in [-0.2, -0.15) is 0 Å². The van der Waals surface area contributed by atoms with Gasteiger partial charge in [0.1, 0.15) is 5.82 Å². The Morgan fingerprint density at radius 3 is 2.32 bits per heavy atom. The molecule has 2 atom stereocenters. The van der Waals surface area contributed by atoms with Crippen molar-refractivity contribution in [3.05, 3.63) is 71.5 Å². The topological polar surface area (TPSA) is 72.5 Å². The van der Waals surface area contributed by atoms with Gasteiger partial charge >= 0.3 is 5.97 Å². The lowest BCUT2D eigenvalue weighted by Crippen LogP contribution is -2.40. The molecule has 0 aliphatic carbocycles. The molecular weight excluding hydrogens is 381 g/mol. The van der Waals surface area contributed by atoms with Crippen LogP contribution in [0.4, 0.5) is 4.39 Å². The molecule has 0 saturated carbocycles. The molecule has 0 radical (unpaired) electrons. The summed E-state index contributed by atoms with van der Waals surface area (Å²) in [6.45, 7) is 1.43. The lowest BCUT2D eigenvalue weighted by molar-refractivity contribution is -0.145. The van der Waals surface area contributed by atoms with Gasteiger partial charge in [0.05, 0.1) is 13.0 Å². The van der Waals surface area contributed by atoms with Crippen molar-refractivity contribution in [1.82, 2.24) is 5.32 Å². The van der Waals surface area contributed by atoms with Gasteiger partial charge in [-0.05, 0) is 18.1 Å². The van der Waals surface area contributed by atoms with Gasteiger partial charge in [0.25, 0.3) is 0 Å². The van der Waals surface area contributed by atoms with Crippen LogP contribution < -0.4 is 5.32 Å². The van der Waals surface area contributed by atoms with E-state index in [1.54, 1.807) is 6.07 Å². The minimum atomic E-state index is -1.26. The highest BCUT2D eigenvalue weighted by molar-refractivity contribution is 8.13. The quantitative estimate of drug-likeness (QED) is 0.685. The van der Waals surface area contributed by atoms with Crippen LogP contribution in [0.5, 0.6) is 0 Å². The summed E-state index contributed by atoms with van der Waals surface area (Å²) in [4.78, 5) is 36.5. The average molecular weight is 403 g/mol. The Morgan fingerprint density at radius 1 is 1.07 bits per heavy atom. The van der Waals surface area contributed by atoms with Gasteiger partial charge in [-0.25, -0.2) is 9.18 Å². The van der Waals surface area contributed by atoms with Gasteiger partial charge in [0, 0.05) is 18.2 Å². The Balaban J connectivity index is 2.23. The van der Waals surface area contributed by atoms with Crippen LogP contribution in [0, 0.1) is 11.7 Å². The lowest BCUT2D eigenvalue weighted by atomic mass is 9.99. The fourth-order valence-electron chi connectivity index (χ4n) is 2.69. The number of rotatable bonds is 8. The van der Waals surface area contributed by atoms with Crippen LogP contribution in [0.25, 0.3) is 0 Å². The molecule has 0 aromatic heterocycles. The number of carbonyl (C=O) groups is 3. The Bertz CT molecular complexity index is 828. The maximum absolute atomic E-state index is 14.2. The van der Waals surface area contributed by atoms with Gasteiger partial charge in [0.15, 0.2) is 11.2 Å². The van der Waals surface area contributed by atoms with E-state index in [0.29, 0.717) is 6.42 Å². The number of hydrogen-bond donors (Lipinski definition) is 1. The molecule has 0 aliphatic heterocycles. The summed E-state index contributed by atoms with van der Waals surface area (Å²) in [7, 11) is 1.18. The molecule has 2 aromatic carbocycles. The Kier molecular flexibility index (Phi) is 8.19. The summed E-state index contributed by atoms with van der Waals surface area (Å²) >= 11 is 1.04. The zero-order chi connectivity index (χ0) is 20.5. The predicted molar refractivity (Wildman–Crippen MR) is 106 cm³/mol. The van der Waals surface area contributed by atoms with Gasteiger partial charge in [-0.15, -0.1) is 0 Å². The van der Waals surface area contributed by atoms with E-state index in [1.165, 1.54) is 32.2 Å². The number of halogens is 1. The lowest BCUT2D eigenvalue weighted by Gasteiger charge is -2.22. The number of ether oxygens (including phenoxy) is 1. The molecule has 2 rings (SSSR count). The summed E-state index contributed by atoms with van der Waals surface area (Å²) in [5.41, 5.74) is 0.952. The van der Waals surface area contributed by atoms with Crippen LogP contribution in [-0.4, -0.2) is 29.9 Å². The summed E-state index contributed by atoms with van der Waals surface area (Å²) in [6, 6.07) is 13.8. The number of hydrogen-bond acceptors (Lipinski definition) is 5. The van der Waals surface area contributed by atoms with E-state index in [9.17, 15) is 18.8 Å². The standard InChI is InChI=1S/C21H22FNO4S/c1-14(24)28-13-16(12-15-8-4-3-5-9-15)20(25)23-19(21(26)27-2)17-10-6-7-11-18(17)22/h3-11,16,19H,12-13H2,1-2H3,(H,23,25). The van der Waals surface area contributed by atoms with Crippen molar-refractivity contribution in [1.29, 1.82) is 0 Å². The first-order valence-electron chi connectivity index (χ1n) is 8.72. The molecule has 28 heavy (non-hydrogen) atoms. The third-order valence-electron chi connectivity index (χ3n) is 4.12. The van der Waals surface area contributed by atoms with Crippen molar-refractivity contribution in [2.45, 2.75) is 19.4 Å². The molecule has 0 fully saturated rings. The van der Waals surface area contributed by atoms with E-state index < -0.39 is 29.7 Å². The number of methoxy groups -OCH3 is 1. The van der Waals surface area contributed by atoms with Gasteiger partial charge in [0.2, 0.25) is 5.91 Å². The molecule has 2 unspecified atom stereocenters. The first-order valence-corrected chi connectivity index (χ1v) is 9.70. The third-order valence-corrected chi connectivity index (χ3v) is 5.10. The minimum absolute atomic E-state index is 0.0281. The Morgan fingerprint density at radius 2 is 1.71 bits per heavy atom. The Hall–Kier alpha value is -2.67. The highest BCUT2D eigenvalue weighted by Gasteiger charge is 2.29. The molecule has 0 bridgehead atoms. The molecule has 7 heteroatoms. The second kappa shape index (κ2) is 10.6.